The molecule has 0 aromatic rings. The van der Waals surface area contributed by atoms with Crippen molar-refractivity contribution in [1.82, 2.24) is 0 Å². The van der Waals surface area contributed by atoms with Gasteiger partial charge in [0.2, 0.25) is 11.6 Å². The minimum atomic E-state index is -1.29. The summed E-state index contributed by atoms with van der Waals surface area (Å²) >= 11 is 0. The third kappa shape index (κ3) is 1.43. The molecule has 0 aromatic heterocycles. The van der Waals surface area contributed by atoms with E-state index in [0.717, 1.165) is 0 Å². The lowest BCUT2D eigenvalue weighted by atomic mass is 9.49. The van der Waals surface area contributed by atoms with Crippen molar-refractivity contribution < 1.29 is 23.8 Å². The van der Waals surface area contributed by atoms with Crippen molar-refractivity contribution in [2.75, 3.05) is 21.3 Å². The number of fused-ring (bicyclic) bond motifs is 2. The Morgan fingerprint density at radius 2 is 1.84 bits per heavy atom. The van der Waals surface area contributed by atoms with Crippen LogP contribution in [0.1, 0.15) is 20.3 Å². The monoisotopic (exact) mass is 268 g/mol. The molecule has 0 saturated heterocycles. The molecule has 5 nitrogen and oxygen atoms in total. The Morgan fingerprint density at radius 3 is 2.32 bits per heavy atom. The van der Waals surface area contributed by atoms with Crippen molar-refractivity contribution in [2.45, 2.75) is 26.1 Å². The third-order valence-electron chi connectivity index (χ3n) is 4.95. The number of Topliss-reactive ketones (excluding diaryl/α,β-unsaturated/α-hetero) is 1. The summed E-state index contributed by atoms with van der Waals surface area (Å²) < 4.78 is 15.6. The Bertz CT molecular complexity index is 451. The average Bonchev–Trinajstić information content (AvgIpc) is 2.42. The van der Waals surface area contributed by atoms with Gasteiger partial charge in [0, 0.05) is 20.1 Å². The Kier molecular flexibility index (Phi) is 3.10. The van der Waals surface area contributed by atoms with Gasteiger partial charge < -0.3 is 14.2 Å². The molecule has 0 N–H and O–H groups in total. The fourth-order valence-electron chi connectivity index (χ4n) is 3.42. The zero-order valence-corrected chi connectivity index (χ0v) is 12.0. The fourth-order valence-corrected chi connectivity index (χ4v) is 3.42. The fraction of sp³-hybridized carbons (Fsp3) is 0.714. The summed E-state index contributed by atoms with van der Waals surface area (Å²) in [6.07, 6.45) is 4.15. The quantitative estimate of drug-likeness (QED) is 0.439. The molecule has 0 aromatic carbocycles. The van der Waals surface area contributed by atoms with Gasteiger partial charge >= 0.3 is 5.97 Å². The van der Waals surface area contributed by atoms with Crippen LogP contribution in [0.25, 0.3) is 0 Å². The molecule has 3 aliphatic rings. The number of methoxy groups -OCH3 is 3. The van der Waals surface area contributed by atoms with Crippen LogP contribution in [0.3, 0.4) is 0 Å². The van der Waals surface area contributed by atoms with Crippen molar-refractivity contribution >= 4 is 11.8 Å². The summed E-state index contributed by atoms with van der Waals surface area (Å²) in [5, 5.41) is 0. The highest BCUT2D eigenvalue weighted by Gasteiger charge is 2.69. The van der Waals surface area contributed by atoms with Crippen LogP contribution in [-0.4, -0.2) is 38.9 Å². The molecule has 0 spiro atoms. The summed E-state index contributed by atoms with van der Waals surface area (Å²) in [6.45, 7) is 3.51. The Labute approximate surface area is 112 Å². The van der Waals surface area contributed by atoms with Gasteiger partial charge in [-0.05, 0) is 20.3 Å². The molecule has 0 unspecified atom stereocenters. The number of ether oxygens (including phenoxy) is 3. The topological polar surface area (TPSA) is 61.8 Å². The zero-order chi connectivity index (χ0) is 14.5. The molecule has 3 rings (SSSR count). The van der Waals surface area contributed by atoms with Crippen LogP contribution in [-0.2, 0) is 23.8 Å². The molecule has 5 heteroatoms. The smallest absolute Gasteiger partial charge is 0.312 e. The van der Waals surface area contributed by atoms with E-state index in [1.807, 2.05) is 6.08 Å². The Hall–Kier alpha value is -1.20. The molecule has 19 heavy (non-hydrogen) atoms. The van der Waals surface area contributed by atoms with E-state index in [4.69, 9.17) is 14.2 Å². The highest BCUT2D eigenvalue weighted by atomic mass is 16.7. The van der Waals surface area contributed by atoms with Crippen LogP contribution >= 0.6 is 0 Å². The number of hydrogen-bond donors (Lipinski definition) is 0. The molecular weight excluding hydrogens is 248 g/mol. The second-order valence-corrected chi connectivity index (χ2v) is 5.60. The van der Waals surface area contributed by atoms with Crippen LogP contribution in [0.4, 0.5) is 0 Å². The van der Waals surface area contributed by atoms with Crippen molar-refractivity contribution in [3.8, 4) is 0 Å². The maximum Gasteiger partial charge on any atom is 0.312 e. The van der Waals surface area contributed by atoms with Crippen LogP contribution in [0.15, 0.2) is 12.2 Å². The van der Waals surface area contributed by atoms with Gasteiger partial charge in [0.15, 0.2) is 0 Å². The van der Waals surface area contributed by atoms with Crippen LogP contribution in [0.2, 0.25) is 0 Å². The first-order chi connectivity index (χ1) is 8.82. The Morgan fingerprint density at radius 1 is 1.26 bits per heavy atom. The van der Waals surface area contributed by atoms with Crippen molar-refractivity contribution in [1.29, 1.82) is 0 Å². The first-order valence-corrected chi connectivity index (χ1v) is 6.25. The molecule has 2 bridgehead atoms. The summed E-state index contributed by atoms with van der Waals surface area (Å²) in [5.74, 6) is -2.19. The Balaban J connectivity index is 2.57. The van der Waals surface area contributed by atoms with E-state index in [0.29, 0.717) is 6.42 Å². The van der Waals surface area contributed by atoms with E-state index >= 15 is 0 Å². The summed E-state index contributed by atoms with van der Waals surface area (Å²) in [4.78, 5) is 24.9. The molecule has 0 aliphatic heterocycles. The molecule has 0 radical (unpaired) electrons. The molecular formula is C14H20O5. The SMILES string of the molecule is COC(=O)[C@]1(C)C[C@@H]2C=C[C@@]1(C)C(=O)C2(OC)OC. The molecule has 1 saturated carbocycles. The minimum Gasteiger partial charge on any atom is -0.469 e. The molecule has 3 atom stereocenters. The van der Waals surface area contributed by atoms with Gasteiger partial charge in [-0.25, -0.2) is 0 Å². The second kappa shape index (κ2) is 4.15. The highest BCUT2D eigenvalue weighted by Crippen LogP contribution is 2.59. The number of allylic oxidation sites excluding steroid dienone is 1. The van der Waals surface area contributed by atoms with Crippen molar-refractivity contribution in [3.63, 3.8) is 0 Å². The first-order valence-electron chi connectivity index (χ1n) is 6.25. The summed E-state index contributed by atoms with van der Waals surface area (Å²) in [6, 6.07) is 0. The number of hydrogen-bond acceptors (Lipinski definition) is 5. The average molecular weight is 268 g/mol. The second-order valence-electron chi connectivity index (χ2n) is 5.60. The van der Waals surface area contributed by atoms with Crippen LogP contribution < -0.4 is 0 Å². The van der Waals surface area contributed by atoms with Gasteiger partial charge in [-0.3, -0.25) is 9.59 Å². The largest absolute Gasteiger partial charge is 0.469 e. The first kappa shape index (κ1) is 14.2. The van der Waals surface area contributed by atoms with E-state index in [-0.39, 0.29) is 17.7 Å². The minimum absolute atomic E-state index is 0.225. The number of carbonyl (C=O) groups excluding carboxylic acids is 2. The lowest BCUT2D eigenvalue weighted by molar-refractivity contribution is -0.255. The predicted molar refractivity (Wildman–Crippen MR) is 67.2 cm³/mol. The number of esters is 1. The number of ketones is 1. The number of carbonyl (C=O) groups is 2. The van der Waals surface area contributed by atoms with Gasteiger partial charge in [-0.1, -0.05) is 12.2 Å². The normalized spacial score (nSPS) is 39.4. The molecule has 3 aliphatic carbocycles. The third-order valence-corrected chi connectivity index (χ3v) is 4.95. The van der Waals surface area contributed by atoms with Gasteiger partial charge in [-0.2, -0.15) is 0 Å². The van der Waals surface area contributed by atoms with Gasteiger partial charge in [0.1, 0.15) is 0 Å². The molecule has 0 amide bonds. The van der Waals surface area contributed by atoms with Crippen LogP contribution in [0.5, 0.6) is 0 Å². The molecule has 106 valence electrons. The maximum absolute atomic E-state index is 12.8. The summed E-state index contributed by atoms with van der Waals surface area (Å²) in [7, 11) is 4.25. The van der Waals surface area contributed by atoms with Crippen molar-refractivity contribution in [3.05, 3.63) is 12.2 Å². The van der Waals surface area contributed by atoms with Gasteiger partial charge in [0.05, 0.1) is 17.9 Å². The number of rotatable bonds is 3. The van der Waals surface area contributed by atoms with Crippen LogP contribution in [0, 0.1) is 16.7 Å². The summed E-state index contributed by atoms with van der Waals surface area (Å²) in [5.41, 5.74) is -1.88. The highest BCUT2D eigenvalue weighted by molar-refractivity contribution is 6.01. The van der Waals surface area contributed by atoms with Crippen molar-refractivity contribution in [2.24, 2.45) is 16.7 Å². The van der Waals surface area contributed by atoms with E-state index < -0.39 is 16.6 Å². The molecule has 1 fully saturated rings. The van der Waals surface area contributed by atoms with Gasteiger partial charge in [0.25, 0.3) is 0 Å². The lowest BCUT2D eigenvalue weighted by Gasteiger charge is -2.56. The standard InChI is InChI=1S/C14H20O5/c1-12-7-6-9(8-13(12,2)11(16)17-3)14(18-4,19-5)10(12)15/h6-7,9H,8H2,1-5H3/t9-,12-,13-/m0/s1. The van der Waals surface area contributed by atoms with E-state index in [1.54, 1.807) is 19.9 Å². The maximum atomic E-state index is 12.8. The lowest BCUT2D eigenvalue weighted by Crippen LogP contribution is -2.68. The van der Waals surface area contributed by atoms with E-state index in [2.05, 4.69) is 0 Å². The zero-order valence-electron chi connectivity index (χ0n) is 12.0. The van der Waals surface area contributed by atoms with E-state index in [9.17, 15) is 9.59 Å². The predicted octanol–water partition coefficient (Wildman–Crippen LogP) is 1.32. The molecule has 0 heterocycles. The van der Waals surface area contributed by atoms with E-state index in [1.165, 1.54) is 21.3 Å². The van der Waals surface area contributed by atoms with Gasteiger partial charge in [-0.15, -0.1) is 0 Å².